The molecule has 0 atom stereocenters. The summed E-state index contributed by atoms with van der Waals surface area (Å²) in [5.41, 5.74) is 1.08. The Morgan fingerprint density at radius 2 is 1.77 bits per heavy atom. The van der Waals surface area contributed by atoms with E-state index < -0.39 is 28.5 Å². The first-order chi connectivity index (χ1) is 14.7. The predicted octanol–water partition coefficient (Wildman–Crippen LogP) is 1.58. The summed E-state index contributed by atoms with van der Waals surface area (Å²) in [6, 6.07) is 8.76. The summed E-state index contributed by atoms with van der Waals surface area (Å²) >= 11 is 0. The molecule has 0 radical (unpaired) electrons. The first-order valence-electron chi connectivity index (χ1n) is 9.96. The number of methoxy groups -OCH3 is 1. The van der Waals surface area contributed by atoms with Crippen LogP contribution in [0.5, 0.6) is 5.75 Å². The van der Waals surface area contributed by atoms with E-state index in [0.29, 0.717) is 26.1 Å². The van der Waals surface area contributed by atoms with Gasteiger partial charge in [0.25, 0.3) is 5.91 Å². The fraction of sp³-hybridized carbons (Fsp3) is 0.429. The van der Waals surface area contributed by atoms with Gasteiger partial charge in [0.05, 0.1) is 7.11 Å². The summed E-state index contributed by atoms with van der Waals surface area (Å²) < 4.78 is 38.0. The van der Waals surface area contributed by atoms with Gasteiger partial charge in [-0.05, 0) is 30.2 Å². The molecule has 1 amide bonds. The van der Waals surface area contributed by atoms with Gasteiger partial charge in [-0.2, -0.15) is 4.31 Å². The van der Waals surface area contributed by atoms with Crippen molar-refractivity contribution in [1.82, 2.24) is 14.2 Å². The van der Waals surface area contributed by atoms with Crippen molar-refractivity contribution in [3.8, 4) is 5.75 Å². The van der Waals surface area contributed by atoms with Crippen molar-refractivity contribution in [2.45, 2.75) is 25.2 Å². The minimum atomic E-state index is -3.69. The summed E-state index contributed by atoms with van der Waals surface area (Å²) in [5.74, 6) is -0.450. The normalized spacial score (nSPS) is 11.4. The van der Waals surface area contributed by atoms with Crippen LogP contribution in [-0.4, -0.2) is 62.5 Å². The Balaban J connectivity index is 1.87. The number of sulfonamides is 1. The molecule has 0 spiro atoms. The van der Waals surface area contributed by atoms with Crippen molar-refractivity contribution >= 4 is 21.9 Å². The number of ether oxygens (including phenoxy) is 2. The van der Waals surface area contributed by atoms with E-state index >= 15 is 0 Å². The van der Waals surface area contributed by atoms with Crippen molar-refractivity contribution < 1.29 is 27.5 Å². The second-order valence-electron chi connectivity index (χ2n) is 6.79. The van der Waals surface area contributed by atoms with Gasteiger partial charge in [0, 0.05) is 32.9 Å². The van der Waals surface area contributed by atoms with E-state index in [-0.39, 0.29) is 10.6 Å². The predicted molar refractivity (Wildman–Crippen MR) is 116 cm³/mol. The lowest BCUT2D eigenvalue weighted by atomic mass is 10.1. The second kappa shape index (κ2) is 11.0. The third kappa shape index (κ3) is 6.31. The molecule has 2 aromatic rings. The van der Waals surface area contributed by atoms with E-state index in [9.17, 15) is 18.0 Å². The van der Waals surface area contributed by atoms with Gasteiger partial charge in [-0.25, -0.2) is 13.2 Å². The number of esters is 1. The number of rotatable bonds is 11. The van der Waals surface area contributed by atoms with Crippen LogP contribution < -0.4 is 10.1 Å². The summed E-state index contributed by atoms with van der Waals surface area (Å²) in [6.45, 7) is 4.07. The van der Waals surface area contributed by atoms with Crippen LogP contribution in [0.3, 0.4) is 0 Å². The van der Waals surface area contributed by atoms with Crippen LogP contribution in [0.25, 0.3) is 0 Å². The number of nitrogens with zero attached hydrogens (tertiary/aromatic N) is 2. The standard InChI is InChI=1S/C21H29N3O6S/c1-5-24(6-2)31(27,28)18-13-19(23(3)14-18)21(26)30-15-20(25)22-12-11-16-7-9-17(29-4)10-8-16/h7-10,13-14H,5-6,11-12,15H2,1-4H3,(H,22,25). The molecular formula is C21H29N3O6S. The highest BCUT2D eigenvalue weighted by Crippen LogP contribution is 2.19. The number of hydrogen-bond acceptors (Lipinski definition) is 6. The number of nitrogens with one attached hydrogen (secondary N) is 1. The number of carbonyl (C=O) groups excluding carboxylic acids is 2. The second-order valence-corrected chi connectivity index (χ2v) is 8.72. The number of hydrogen-bond donors (Lipinski definition) is 1. The van der Waals surface area contributed by atoms with Crippen LogP contribution in [0.15, 0.2) is 41.4 Å². The largest absolute Gasteiger partial charge is 0.497 e. The van der Waals surface area contributed by atoms with E-state index in [1.54, 1.807) is 28.0 Å². The zero-order valence-corrected chi connectivity index (χ0v) is 19.1. The maximum atomic E-state index is 12.6. The SMILES string of the molecule is CCN(CC)S(=O)(=O)c1cc(C(=O)OCC(=O)NCCc2ccc(OC)cc2)n(C)c1. The monoisotopic (exact) mass is 451 g/mol. The Morgan fingerprint density at radius 1 is 1.13 bits per heavy atom. The molecule has 0 saturated heterocycles. The molecule has 0 unspecified atom stereocenters. The molecule has 1 heterocycles. The van der Waals surface area contributed by atoms with Gasteiger partial charge in [0.1, 0.15) is 16.3 Å². The molecule has 1 N–H and O–H groups in total. The molecule has 0 bridgehead atoms. The van der Waals surface area contributed by atoms with Gasteiger partial charge in [-0.3, -0.25) is 4.79 Å². The van der Waals surface area contributed by atoms with Gasteiger partial charge < -0.3 is 19.4 Å². The van der Waals surface area contributed by atoms with Gasteiger partial charge in [0.2, 0.25) is 10.0 Å². The molecule has 0 fully saturated rings. The van der Waals surface area contributed by atoms with Crippen molar-refractivity contribution in [3.63, 3.8) is 0 Å². The van der Waals surface area contributed by atoms with E-state index in [0.717, 1.165) is 11.3 Å². The molecule has 1 aromatic carbocycles. The third-order valence-electron chi connectivity index (χ3n) is 4.76. The molecule has 10 heteroatoms. The number of aryl methyl sites for hydroxylation is 1. The lowest BCUT2D eigenvalue weighted by molar-refractivity contribution is -0.124. The summed E-state index contributed by atoms with van der Waals surface area (Å²) in [6.07, 6.45) is 1.98. The lowest BCUT2D eigenvalue weighted by Gasteiger charge is -2.17. The highest BCUT2D eigenvalue weighted by Gasteiger charge is 2.26. The van der Waals surface area contributed by atoms with Gasteiger partial charge in [0.15, 0.2) is 6.61 Å². The van der Waals surface area contributed by atoms with E-state index in [2.05, 4.69) is 5.32 Å². The molecular weight excluding hydrogens is 422 g/mol. The molecule has 0 aliphatic carbocycles. The third-order valence-corrected chi connectivity index (χ3v) is 6.78. The van der Waals surface area contributed by atoms with Crippen molar-refractivity contribution in [2.75, 3.05) is 33.4 Å². The highest BCUT2D eigenvalue weighted by molar-refractivity contribution is 7.89. The molecule has 2 rings (SSSR count). The number of aromatic nitrogens is 1. The van der Waals surface area contributed by atoms with Crippen LogP contribution in [0.4, 0.5) is 0 Å². The fourth-order valence-electron chi connectivity index (χ4n) is 2.99. The Morgan fingerprint density at radius 3 is 2.35 bits per heavy atom. The van der Waals surface area contributed by atoms with Crippen molar-refractivity contribution in [2.24, 2.45) is 7.05 Å². The minimum Gasteiger partial charge on any atom is -0.497 e. The summed E-state index contributed by atoms with van der Waals surface area (Å²) in [7, 11) is -0.551. The average Bonchev–Trinajstić information content (AvgIpc) is 3.16. The quantitative estimate of drug-likeness (QED) is 0.520. The highest BCUT2D eigenvalue weighted by atomic mass is 32.2. The van der Waals surface area contributed by atoms with Crippen LogP contribution in [0.2, 0.25) is 0 Å². The number of carbonyl (C=O) groups is 2. The first-order valence-corrected chi connectivity index (χ1v) is 11.4. The molecule has 170 valence electrons. The average molecular weight is 452 g/mol. The topological polar surface area (TPSA) is 107 Å². The van der Waals surface area contributed by atoms with Crippen LogP contribution >= 0.6 is 0 Å². The molecule has 1 aromatic heterocycles. The van der Waals surface area contributed by atoms with Gasteiger partial charge >= 0.3 is 5.97 Å². The summed E-state index contributed by atoms with van der Waals surface area (Å²) in [5, 5.41) is 2.68. The maximum Gasteiger partial charge on any atom is 0.355 e. The van der Waals surface area contributed by atoms with E-state index in [1.807, 2.05) is 24.3 Å². The maximum absolute atomic E-state index is 12.6. The summed E-state index contributed by atoms with van der Waals surface area (Å²) in [4.78, 5) is 24.3. The first kappa shape index (κ1) is 24.4. The van der Waals surface area contributed by atoms with Gasteiger partial charge in [-0.15, -0.1) is 0 Å². The Hall–Kier alpha value is -2.85. The fourth-order valence-corrected chi connectivity index (χ4v) is 4.52. The smallest absolute Gasteiger partial charge is 0.355 e. The Labute approximate surface area is 183 Å². The lowest BCUT2D eigenvalue weighted by Crippen LogP contribution is -2.30. The van der Waals surface area contributed by atoms with Crippen LogP contribution in [0, 0.1) is 0 Å². The molecule has 0 aliphatic rings. The minimum absolute atomic E-state index is 0.00888. The molecule has 31 heavy (non-hydrogen) atoms. The van der Waals surface area contributed by atoms with E-state index in [1.165, 1.54) is 21.1 Å². The molecule has 9 nitrogen and oxygen atoms in total. The van der Waals surface area contributed by atoms with Crippen molar-refractivity contribution in [1.29, 1.82) is 0 Å². The Kier molecular flexibility index (Phi) is 8.64. The zero-order valence-electron chi connectivity index (χ0n) is 18.3. The Bertz CT molecular complexity index is 995. The van der Waals surface area contributed by atoms with Crippen LogP contribution in [-0.2, 0) is 33.0 Å². The molecule has 0 saturated carbocycles. The number of amides is 1. The zero-order chi connectivity index (χ0) is 23.0. The van der Waals surface area contributed by atoms with Gasteiger partial charge in [-0.1, -0.05) is 26.0 Å². The number of benzene rings is 1. The van der Waals surface area contributed by atoms with E-state index in [4.69, 9.17) is 9.47 Å². The van der Waals surface area contributed by atoms with Crippen LogP contribution in [0.1, 0.15) is 29.9 Å². The molecule has 0 aliphatic heterocycles. The van der Waals surface area contributed by atoms with Crippen molar-refractivity contribution in [3.05, 3.63) is 47.8 Å².